The van der Waals surface area contributed by atoms with Crippen molar-refractivity contribution in [2.75, 3.05) is 23.3 Å². The molecule has 0 saturated carbocycles. The van der Waals surface area contributed by atoms with Crippen LogP contribution in [0.1, 0.15) is 31.2 Å². The van der Waals surface area contributed by atoms with Crippen molar-refractivity contribution in [2.45, 2.75) is 31.8 Å². The highest BCUT2D eigenvalue weighted by atomic mass is 19.1. The maximum Gasteiger partial charge on any atom is 0.231 e. The molecule has 0 aromatic heterocycles. The van der Waals surface area contributed by atoms with Gasteiger partial charge >= 0.3 is 0 Å². The Labute approximate surface area is 147 Å². The van der Waals surface area contributed by atoms with Crippen molar-refractivity contribution >= 4 is 17.3 Å². The maximum absolute atomic E-state index is 13.4. The monoisotopic (exact) mass is 342 g/mol. The lowest BCUT2D eigenvalue weighted by Gasteiger charge is -2.33. The van der Waals surface area contributed by atoms with Gasteiger partial charge in [-0.15, -0.1) is 0 Å². The Kier molecular flexibility index (Phi) is 5.34. The van der Waals surface area contributed by atoms with Gasteiger partial charge in [-0.05, 0) is 49.6 Å². The number of halogens is 1. The van der Waals surface area contributed by atoms with E-state index in [4.69, 9.17) is 0 Å². The lowest BCUT2D eigenvalue weighted by molar-refractivity contribution is -0.117. The van der Waals surface area contributed by atoms with Crippen molar-refractivity contribution in [3.8, 4) is 0 Å². The molecule has 25 heavy (non-hydrogen) atoms. The van der Waals surface area contributed by atoms with Crippen molar-refractivity contribution in [2.24, 2.45) is 0 Å². The predicted molar refractivity (Wildman–Crippen MR) is 97.3 cm³/mol. The summed E-state index contributed by atoms with van der Waals surface area (Å²) in [6.45, 7) is 3.28. The fraction of sp³-hybridized carbons (Fsp3) is 0.350. The van der Waals surface area contributed by atoms with Crippen LogP contribution in [-0.2, 0) is 4.79 Å². The minimum atomic E-state index is -0.452. The molecule has 5 heteroatoms. The third kappa shape index (κ3) is 4.17. The number of benzene rings is 2. The molecule has 1 fully saturated rings. The van der Waals surface area contributed by atoms with E-state index in [1.165, 1.54) is 12.1 Å². The summed E-state index contributed by atoms with van der Waals surface area (Å²) < 4.78 is 13.4. The first-order chi connectivity index (χ1) is 12.0. The van der Waals surface area contributed by atoms with Gasteiger partial charge in [-0.3, -0.25) is 4.79 Å². The van der Waals surface area contributed by atoms with Crippen LogP contribution in [0.3, 0.4) is 0 Å². The van der Waals surface area contributed by atoms with Crippen LogP contribution in [0.15, 0.2) is 48.5 Å². The molecule has 3 rings (SSSR count). The van der Waals surface area contributed by atoms with Gasteiger partial charge in [0, 0.05) is 13.1 Å². The van der Waals surface area contributed by atoms with Crippen LogP contribution in [0.25, 0.3) is 0 Å². The summed E-state index contributed by atoms with van der Waals surface area (Å²) in [6, 6.07) is 13.8. The van der Waals surface area contributed by atoms with Gasteiger partial charge in [-0.1, -0.05) is 24.3 Å². The molecule has 2 N–H and O–H groups in total. The van der Waals surface area contributed by atoms with Crippen molar-refractivity contribution in [3.05, 3.63) is 59.9 Å². The van der Waals surface area contributed by atoms with Crippen LogP contribution in [0.4, 0.5) is 15.8 Å². The highest BCUT2D eigenvalue weighted by Crippen LogP contribution is 2.29. The average molecular weight is 342 g/mol. The summed E-state index contributed by atoms with van der Waals surface area (Å²) >= 11 is 0. The van der Waals surface area contributed by atoms with Crippen LogP contribution in [0, 0.1) is 5.82 Å². The van der Waals surface area contributed by atoms with Gasteiger partial charge in [0.05, 0.1) is 23.4 Å². The molecule has 2 aromatic carbocycles. The van der Waals surface area contributed by atoms with Gasteiger partial charge in [-0.25, -0.2) is 4.39 Å². The lowest BCUT2D eigenvalue weighted by Crippen LogP contribution is -2.36. The van der Waals surface area contributed by atoms with Crippen LogP contribution in [-0.4, -0.2) is 30.2 Å². The molecule has 0 radical (unpaired) electrons. The molecule has 1 aliphatic heterocycles. The van der Waals surface area contributed by atoms with E-state index >= 15 is 0 Å². The van der Waals surface area contributed by atoms with E-state index in [1.807, 2.05) is 24.3 Å². The van der Waals surface area contributed by atoms with Gasteiger partial charge in [0.25, 0.3) is 0 Å². The van der Waals surface area contributed by atoms with Crippen LogP contribution >= 0.6 is 0 Å². The normalized spacial score (nSPS) is 16.5. The molecule has 4 nitrogen and oxygen atoms in total. The fourth-order valence-corrected chi connectivity index (χ4v) is 3.13. The number of carbonyl (C=O) groups excluding carboxylic acids is 1. The SMILES string of the molecule is CC(C(=O)Nc1ccccc1N1CCC(O)CC1)c1cccc(F)c1. The number of hydrogen-bond donors (Lipinski definition) is 2. The van der Waals surface area contributed by atoms with E-state index in [2.05, 4.69) is 10.2 Å². The number of amides is 1. The molecule has 1 aliphatic rings. The second-order valence-corrected chi connectivity index (χ2v) is 6.50. The highest BCUT2D eigenvalue weighted by molar-refractivity contribution is 5.98. The summed E-state index contributed by atoms with van der Waals surface area (Å²) in [5.74, 6) is -0.966. The van der Waals surface area contributed by atoms with E-state index in [-0.39, 0.29) is 17.8 Å². The summed E-state index contributed by atoms with van der Waals surface area (Å²) in [5.41, 5.74) is 2.34. The van der Waals surface area contributed by atoms with Gasteiger partial charge < -0.3 is 15.3 Å². The quantitative estimate of drug-likeness (QED) is 0.894. The van der Waals surface area contributed by atoms with Gasteiger partial charge in [0.15, 0.2) is 0 Å². The molecule has 1 unspecified atom stereocenters. The standard InChI is InChI=1S/C20H23FN2O2/c1-14(15-5-4-6-16(21)13-15)20(25)22-18-7-2-3-8-19(18)23-11-9-17(24)10-12-23/h2-8,13-14,17,24H,9-12H2,1H3,(H,22,25). The molecule has 0 aliphatic carbocycles. The summed E-state index contributed by atoms with van der Waals surface area (Å²) in [4.78, 5) is 14.8. The molecule has 1 amide bonds. The summed E-state index contributed by atoms with van der Waals surface area (Å²) in [5, 5.41) is 12.7. The summed E-state index contributed by atoms with van der Waals surface area (Å²) in [7, 11) is 0. The van der Waals surface area contributed by atoms with E-state index < -0.39 is 5.92 Å². The molecule has 132 valence electrons. The van der Waals surface area contributed by atoms with Crippen LogP contribution in [0.5, 0.6) is 0 Å². The number of nitrogens with one attached hydrogen (secondary N) is 1. The number of nitrogens with zero attached hydrogens (tertiary/aromatic N) is 1. The van der Waals surface area contributed by atoms with Gasteiger partial charge in [0.1, 0.15) is 5.82 Å². The Bertz CT molecular complexity index is 742. The molecule has 0 bridgehead atoms. The zero-order chi connectivity index (χ0) is 17.8. The Morgan fingerprint density at radius 3 is 2.64 bits per heavy atom. The largest absolute Gasteiger partial charge is 0.393 e. The minimum Gasteiger partial charge on any atom is -0.393 e. The highest BCUT2D eigenvalue weighted by Gasteiger charge is 2.21. The van der Waals surface area contributed by atoms with Crippen molar-refractivity contribution in [1.29, 1.82) is 0 Å². The number of para-hydroxylation sites is 2. The van der Waals surface area contributed by atoms with Crippen molar-refractivity contribution in [3.63, 3.8) is 0 Å². The van der Waals surface area contributed by atoms with E-state index in [0.29, 0.717) is 5.56 Å². The van der Waals surface area contributed by atoms with Crippen molar-refractivity contribution < 1.29 is 14.3 Å². The third-order valence-corrected chi connectivity index (χ3v) is 4.71. The molecule has 1 saturated heterocycles. The molecule has 0 spiro atoms. The summed E-state index contributed by atoms with van der Waals surface area (Å²) in [6.07, 6.45) is 1.20. The molecule has 2 aromatic rings. The Morgan fingerprint density at radius 1 is 1.20 bits per heavy atom. The molecule has 1 heterocycles. The topological polar surface area (TPSA) is 52.6 Å². The second kappa shape index (κ2) is 7.66. The first kappa shape index (κ1) is 17.4. The Morgan fingerprint density at radius 2 is 1.92 bits per heavy atom. The van der Waals surface area contributed by atoms with Crippen molar-refractivity contribution in [1.82, 2.24) is 0 Å². The number of hydrogen-bond acceptors (Lipinski definition) is 3. The Hall–Kier alpha value is -2.40. The lowest BCUT2D eigenvalue weighted by atomic mass is 10.00. The molecular formula is C20H23FN2O2. The number of piperidine rings is 1. The zero-order valence-electron chi connectivity index (χ0n) is 14.3. The average Bonchev–Trinajstić information content (AvgIpc) is 2.62. The predicted octanol–water partition coefficient (Wildman–Crippen LogP) is 3.53. The number of rotatable bonds is 4. The van der Waals surface area contributed by atoms with Crippen LogP contribution in [0.2, 0.25) is 0 Å². The maximum atomic E-state index is 13.4. The first-order valence-electron chi connectivity index (χ1n) is 8.63. The van der Waals surface area contributed by atoms with E-state index in [9.17, 15) is 14.3 Å². The van der Waals surface area contributed by atoms with Gasteiger partial charge in [0.2, 0.25) is 5.91 Å². The third-order valence-electron chi connectivity index (χ3n) is 4.71. The Balaban J connectivity index is 1.75. The van der Waals surface area contributed by atoms with Crippen LogP contribution < -0.4 is 10.2 Å². The number of anilines is 2. The number of aliphatic hydroxyl groups excluding tert-OH is 1. The smallest absolute Gasteiger partial charge is 0.231 e. The van der Waals surface area contributed by atoms with E-state index in [1.54, 1.807) is 19.1 Å². The molecular weight excluding hydrogens is 319 g/mol. The second-order valence-electron chi connectivity index (χ2n) is 6.50. The fourth-order valence-electron chi connectivity index (χ4n) is 3.13. The number of aliphatic hydroxyl groups is 1. The van der Waals surface area contributed by atoms with Gasteiger partial charge in [-0.2, -0.15) is 0 Å². The zero-order valence-corrected chi connectivity index (χ0v) is 14.3. The minimum absolute atomic E-state index is 0.171. The number of carbonyl (C=O) groups is 1. The molecule has 1 atom stereocenters. The first-order valence-corrected chi connectivity index (χ1v) is 8.63. The van der Waals surface area contributed by atoms with E-state index in [0.717, 1.165) is 37.3 Å².